The van der Waals surface area contributed by atoms with Gasteiger partial charge >= 0.3 is 0 Å². The molecule has 0 aliphatic heterocycles. The topological polar surface area (TPSA) is 82.0 Å². The van der Waals surface area contributed by atoms with Crippen molar-refractivity contribution in [1.29, 1.82) is 0 Å². The largest absolute Gasteiger partial charge is 0.383 e. The number of pyridine rings is 1. The van der Waals surface area contributed by atoms with E-state index in [1.54, 1.807) is 0 Å². The van der Waals surface area contributed by atoms with Crippen LogP contribution in [0.15, 0.2) is 10.7 Å². The standard InChI is InChI=1S/C7H6BrF2N3O/c8-3-1-2(7(12)14)4(5(9)10)6(11)13-3/h1,5H,(H2,11,13)(H2,12,14). The predicted octanol–water partition coefficient (Wildman–Crippen LogP) is 1.46. The van der Waals surface area contributed by atoms with Crippen LogP contribution in [0.4, 0.5) is 14.6 Å². The second kappa shape index (κ2) is 3.87. The van der Waals surface area contributed by atoms with E-state index in [9.17, 15) is 13.6 Å². The van der Waals surface area contributed by atoms with Crippen molar-refractivity contribution < 1.29 is 13.6 Å². The Balaban J connectivity index is 3.44. The molecule has 1 heterocycles. The van der Waals surface area contributed by atoms with Crippen LogP contribution in [-0.2, 0) is 0 Å². The smallest absolute Gasteiger partial charge is 0.268 e. The Kier molecular flexibility index (Phi) is 3.00. The van der Waals surface area contributed by atoms with Gasteiger partial charge in [-0.2, -0.15) is 0 Å². The Bertz CT molecular complexity index is 383. The van der Waals surface area contributed by atoms with E-state index >= 15 is 0 Å². The van der Waals surface area contributed by atoms with Crippen LogP contribution in [0, 0.1) is 0 Å². The van der Waals surface area contributed by atoms with Crippen molar-refractivity contribution in [3.8, 4) is 0 Å². The quantitative estimate of drug-likeness (QED) is 0.795. The zero-order valence-corrected chi connectivity index (χ0v) is 8.38. The predicted molar refractivity (Wildman–Crippen MR) is 49.8 cm³/mol. The number of nitrogen functional groups attached to an aromatic ring is 1. The molecule has 4 nitrogen and oxygen atoms in total. The Morgan fingerprint density at radius 2 is 2.14 bits per heavy atom. The summed E-state index contributed by atoms with van der Waals surface area (Å²) >= 11 is 2.92. The van der Waals surface area contributed by atoms with Crippen molar-refractivity contribution in [2.45, 2.75) is 6.43 Å². The first kappa shape index (κ1) is 10.8. The number of carbonyl (C=O) groups is 1. The molecule has 0 aromatic carbocycles. The Morgan fingerprint density at radius 3 is 2.57 bits per heavy atom. The monoisotopic (exact) mass is 265 g/mol. The van der Waals surface area contributed by atoms with E-state index in [-0.39, 0.29) is 10.2 Å². The van der Waals surface area contributed by atoms with E-state index in [1.807, 2.05) is 0 Å². The summed E-state index contributed by atoms with van der Waals surface area (Å²) in [6, 6.07) is 1.11. The minimum atomic E-state index is -2.88. The van der Waals surface area contributed by atoms with Gasteiger partial charge < -0.3 is 11.5 Å². The maximum absolute atomic E-state index is 12.4. The maximum atomic E-state index is 12.4. The van der Waals surface area contributed by atoms with Crippen LogP contribution in [0.1, 0.15) is 22.3 Å². The van der Waals surface area contributed by atoms with Gasteiger partial charge in [-0.3, -0.25) is 4.79 Å². The first-order valence-corrected chi connectivity index (χ1v) is 4.26. The molecule has 14 heavy (non-hydrogen) atoms. The molecule has 1 rings (SSSR count). The summed E-state index contributed by atoms with van der Waals surface area (Å²) in [5, 5.41) is 0. The molecule has 0 atom stereocenters. The Hall–Kier alpha value is -1.24. The maximum Gasteiger partial charge on any atom is 0.268 e. The van der Waals surface area contributed by atoms with Crippen LogP contribution >= 0.6 is 15.9 Å². The number of nitrogens with zero attached hydrogens (tertiary/aromatic N) is 1. The molecule has 4 N–H and O–H groups in total. The normalized spacial score (nSPS) is 10.6. The third kappa shape index (κ3) is 1.98. The molecular formula is C7H6BrF2N3O. The van der Waals surface area contributed by atoms with Crippen LogP contribution in [0.2, 0.25) is 0 Å². The van der Waals surface area contributed by atoms with Gasteiger partial charge in [0.1, 0.15) is 10.4 Å². The van der Waals surface area contributed by atoms with Gasteiger partial charge in [-0.05, 0) is 22.0 Å². The highest BCUT2D eigenvalue weighted by molar-refractivity contribution is 9.10. The molecule has 0 saturated heterocycles. The summed E-state index contributed by atoms with van der Waals surface area (Å²) in [5.41, 5.74) is 9.20. The Labute approximate surface area is 86.4 Å². The highest BCUT2D eigenvalue weighted by Crippen LogP contribution is 2.29. The number of primary amides is 1. The average molecular weight is 266 g/mol. The van der Waals surface area contributed by atoms with Crippen molar-refractivity contribution in [2.24, 2.45) is 5.73 Å². The van der Waals surface area contributed by atoms with Gasteiger partial charge in [-0.25, -0.2) is 13.8 Å². The molecule has 0 saturated carbocycles. The van der Waals surface area contributed by atoms with Gasteiger partial charge in [-0.15, -0.1) is 0 Å². The number of carbonyl (C=O) groups excluding carboxylic acids is 1. The van der Waals surface area contributed by atoms with Gasteiger partial charge in [0.25, 0.3) is 6.43 Å². The van der Waals surface area contributed by atoms with Crippen molar-refractivity contribution in [2.75, 3.05) is 5.73 Å². The molecule has 1 aromatic heterocycles. The lowest BCUT2D eigenvalue weighted by Crippen LogP contribution is -2.16. The van der Waals surface area contributed by atoms with Gasteiger partial charge in [-0.1, -0.05) is 0 Å². The first-order valence-electron chi connectivity index (χ1n) is 3.47. The number of hydrogen-bond acceptors (Lipinski definition) is 3. The molecule has 76 valence electrons. The summed E-state index contributed by atoms with van der Waals surface area (Å²) in [6.45, 7) is 0. The first-order chi connectivity index (χ1) is 6.43. The van der Waals surface area contributed by atoms with E-state index in [1.165, 1.54) is 0 Å². The number of hydrogen-bond donors (Lipinski definition) is 2. The summed E-state index contributed by atoms with van der Waals surface area (Å²) in [5.74, 6) is -1.36. The van der Waals surface area contributed by atoms with E-state index < -0.39 is 23.7 Å². The third-order valence-corrected chi connectivity index (χ3v) is 1.95. The van der Waals surface area contributed by atoms with Gasteiger partial charge in [0.2, 0.25) is 5.91 Å². The zero-order chi connectivity index (χ0) is 10.9. The molecule has 0 bridgehead atoms. The SMILES string of the molecule is NC(=O)c1cc(Br)nc(N)c1C(F)F. The molecule has 0 unspecified atom stereocenters. The zero-order valence-electron chi connectivity index (χ0n) is 6.80. The number of alkyl halides is 2. The van der Waals surface area contributed by atoms with E-state index in [0.29, 0.717) is 0 Å². The summed E-state index contributed by atoms with van der Waals surface area (Å²) < 4.78 is 25.1. The van der Waals surface area contributed by atoms with E-state index in [0.717, 1.165) is 6.07 Å². The van der Waals surface area contributed by atoms with Crippen LogP contribution < -0.4 is 11.5 Å². The molecular weight excluding hydrogens is 260 g/mol. The third-order valence-electron chi connectivity index (χ3n) is 1.54. The minimum Gasteiger partial charge on any atom is -0.383 e. The van der Waals surface area contributed by atoms with Crippen molar-refractivity contribution in [1.82, 2.24) is 4.98 Å². The molecule has 0 spiro atoms. The number of nitrogens with two attached hydrogens (primary N) is 2. The average Bonchev–Trinajstić information content (AvgIpc) is 2.01. The van der Waals surface area contributed by atoms with Crippen molar-refractivity contribution in [3.63, 3.8) is 0 Å². The molecule has 0 aliphatic rings. The van der Waals surface area contributed by atoms with Crippen molar-refractivity contribution >= 4 is 27.7 Å². The second-order valence-corrected chi connectivity index (χ2v) is 3.27. The number of rotatable bonds is 2. The van der Waals surface area contributed by atoms with Gasteiger partial charge in [0, 0.05) is 0 Å². The molecule has 0 aliphatic carbocycles. The van der Waals surface area contributed by atoms with E-state index in [4.69, 9.17) is 11.5 Å². The van der Waals surface area contributed by atoms with Crippen LogP contribution in [-0.4, -0.2) is 10.9 Å². The molecule has 0 radical (unpaired) electrons. The molecule has 1 amide bonds. The van der Waals surface area contributed by atoms with Crippen LogP contribution in [0.25, 0.3) is 0 Å². The molecule has 0 fully saturated rings. The summed E-state index contributed by atoms with van der Waals surface area (Å²) in [4.78, 5) is 14.4. The minimum absolute atomic E-state index is 0.188. The number of amides is 1. The van der Waals surface area contributed by atoms with Crippen LogP contribution in [0.5, 0.6) is 0 Å². The molecule has 1 aromatic rings. The summed E-state index contributed by atoms with van der Waals surface area (Å²) in [6.07, 6.45) is -2.88. The lowest BCUT2D eigenvalue weighted by molar-refractivity contribution is 0.0986. The van der Waals surface area contributed by atoms with Crippen LogP contribution in [0.3, 0.4) is 0 Å². The lowest BCUT2D eigenvalue weighted by Gasteiger charge is -2.08. The highest BCUT2D eigenvalue weighted by atomic mass is 79.9. The van der Waals surface area contributed by atoms with Crippen molar-refractivity contribution in [3.05, 3.63) is 21.8 Å². The molecule has 7 heteroatoms. The second-order valence-electron chi connectivity index (χ2n) is 2.46. The Morgan fingerprint density at radius 1 is 1.57 bits per heavy atom. The fourth-order valence-electron chi connectivity index (χ4n) is 0.976. The lowest BCUT2D eigenvalue weighted by atomic mass is 10.1. The van der Waals surface area contributed by atoms with Gasteiger partial charge in [0.15, 0.2) is 0 Å². The van der Waals surface area contributed by atoms with Gasteiger partial charge in [0.05, 0.1) is 11.1 Å². The number of aromatic nitrogens is 1. The fourth-order valence-corrected chi connectivity index (χ4v) is 1.40. The number of halogens is 3. The summed E-state index contributed by atoms with van der Waals surface area (Å²) in [7, 11) is 0. The fraction of sp³-hybridized carbons (Fsp3) is 0.143. The van der Waals surface area contributed by atoms with E-state index in [2.05, 4.69) is 20.9 Å². The number of anilines is 1. The highest BCUT2D eigenvalue weighted by Gasteiger charge is 2.21.